The summed E-state index contributed by atoms with van der Waals surface area (Å²) in [7, 11) is -2.40. The van der Waals surface area contributed by atoms with Crippen LogP contribution in [0.25, 0.3) is 0 Å². The summed E-state index contributed by atoms with van der Waals surface area (Å²) in [6, 6.07) is 13.0. The van der Waals surface area contributed by atoms with Gasteiger partial charge >= 0.3 is 5.97 Å². The number of nitrogens with zero attached hydrogens (tertiary/aromatic N) is 2. The second-order valence-electron chi connectivity index (χ2n) is 9.36. The summed E-state index contributed by atoms with van der Waals surface area (Å²) in [6.45, 7) is 2.61. The number of hydrogen-bond acceptors (Lipinski definition) is 9. The van der Waals surface area contributed by atoms with Crippen LogP contribution in [-0.4, -0.2) is 89.4 Å². The van der Waals surface area contributed by atoms with E-state index in [0.717, 1.165) is 44.1 Å². The molecule has 1 amide bonds. The van der Waals surface area contributed by atoms with Crippen molar-refractivity contribution >= 4 is 33.5 Å². The van der Waals surface area contributed by atoms with Crippen molar-refractivity contribution in [1.29, 1.82) is 0 Å². The standard InChI is InChI=1S/C26H34N6O6S/c1-38-23-17-32(14-11-21(23)30-26-27-12-6-13-28-26)19-8-5-7-18(15-19)24(33)29-16-22(25(34)35)31-39(36,37)20-9-3-2-4-10-20/h2-5,7-10,15,21-23,31H,6,11-14,16-17H2,1H3,(H,29,33)(H,34,35)(H2,27,28,30)/t21?,22?,23-/m0/s1. The molecule has 0 radical (unpaired) electrons. The van der Waals surface area contributed by atoms with E-state index >= 15 is 0 Å². The van der Waals surface area contributed by atoms with Crippen molar-refractivity contribution in [1.82, 2.24) is 20.7 Å². The normalized spacial score (nSPS) is 20.3. The van der Waals surface area contributed by atoms with Gasteiger partial charge in [-0.15, -0.1) is 0 Å². The van der Waals surface area contributed by atoms with E-state index in [4.69, 9.17) is 4.74 Å². The van der Waals surface area contributed by atoms with E-state index in [9.17, 15) is 23.1 Å². The number of hydrogen-bond donors (Lipinski definition) is 5. The molecule has 0 bridgehead atoms. The van der Waals surface area contributed by atoms with Gasteiger partial charge < -0.3 is 30.7 Å². The molecule has 4 rings (SSSR count). The van der Waals surface area contributed by atoms with Crippen molar-refractivity contribution in [2.75, 3.05) is 44.7 Å². The monoisotopic (exact) mass is 558 g/mol. The van der Waals surface area contributed by atoms with Crippen molar-refractivity contribution < 1.29 is 27.9 Å². The highest BCUT2D eigenvalue weighted by atomic mass is 32.2. The number of piperidine rings is 1. The highest BCUT2D eigenvalue weighted by molar-refractivity contribution is 7.89. The summed E-state index contributed by atoms with van der Waals surface area (Å²) in [5.74, 6) is -1.12. The largest absolute Gasteiger partial charge is 0.480 e. The fourth-order valence-corrected chi connectivity index (χ4v) is 5.75. The highest BCUT2D eigenvalue weighted by Crippen LogP contribution is 2.23. The fraction of sp³-hybridized carbons (Fsp3) is 0.423. The Bertz CT molecular complexity index is 1290. The maximum absolute atomic E-state index is 12.9. The molecular weight excluding hydrogens is 524 g/mol. The summed E-state index contributed by atoms with van der Waals surface area (Å²) >= 11 is 0. The van der Waals surface area contributed by atoms with Crippen LogP contribution < -0.4 is 25.6 Å². The van der Waals surface area contributed by atoms with E-state index in [2.05, 4.69) is 30.6 Å². The number of benzene rings is 2. The molecule has 13 heteroatoms. The first-order valence-corrected chi connectivity index (χ1v) is 14.3. The Morgan fingerprint density at radius 1 is 1.21 bits per heavy atom. The maximum Gasteiger partial charge on any atom is 0.323 e. The lowest BCUT2D eigenvalue weighted by molar-refractivity contribution is -0.138. The number of rotatable bonds is 10. The van der Waals surface area contributed by atoms with Crippen LogP contribution in [0.2, 0.25) is 0 Å². The van der Waals surface area contributed by atoms with Gasteiger partial charge in [-0.05, 0) is 43.2 Å². The Labute approximate surface area is 227 Å². The number of anilines is 1. The van der Waals surface area contributed by atoms with E-state index in [1.165, 1.54) is 24.3 Å². The Morgan fingerprint density at radius 2 is 2.00 bits per heavy atom. The third kappa shape index (κ3) is 7.46. The number of guanidine groups is 1. The molecule has 12 nitrogen and oxygen atoms in total. The molecule has 2 heterocycles. The zero-order chi connectivity index (χ0) is 27.8. The number of aliphatic imine (C=N–C) groups is 1. The number of carbonyl (C=O) groups excluding carboxylic acids is 1. The number of carbonyl (C=O) groups is 2. The van der Waals surface area contributed by atoms with Crippen LogP contribution in [0.5, 0.6) is 0 Å². The molecule has 0 saturated carbocycles. The summed E-state index contributed by atoms with van der Waals surface area (Å²) in [4.78, 5) is 31.1. The van der Waals surface area contributed by atoms with Gasteiger partial charge in [-0.1, -0.05) is 24.3 Å². The number of sulfonamides is 1. The van der Waals surface area contributed by atoms with Crippen LogP contribution in [0.3, 0.4) is 0 Å². The maximum atomic E-state index is 12.9. The quantitative estimate of drug-likeness (QED) is 0.278. The number of nitrogens with one attached hydrogen (secondary N) is 4. The molecule has 2 aromatic rings. The molecule has 210 valence electrons. The van der Waals surface area contributed by atoms with E-state index in [0.29, 0.717) is 12.1 Å². The van der Waals surface area contributed by atoms with Gasteiger partial charge in [-0.3, -0.25) is 14.6 Å². The summed E-state index contributed by atoms with van der Waals surface area (Å²) in [6.07, 6.45) is 1.72. The van der Waals surface area contributed by atoms with Crippen LogP contribution in [-0.2, 0) is 19.6 Å². The summed E-state index contributed by atoms with van der Waals surface area (Å²) in [5, 5.41) is 18.8. The average Bonchev–Trinajstić information content (AvgIpc) is 2.96. The molecule has 0 aliphatic carbocycles. The minimum absolute atomic E-state index is 0.0633. The molecule has 3 atom stereocenters. The minimum Gasteiger partial charge on any atom is -0.480 e. The van der Waals surface area contributed by atoms with E-state index in [1.54, 1.807) is 31.4 Å². The average molecular weight is 559 g/mol. The van der Waals surface area contributed by atoms with E-state index in [1.807, 2.05) is 6.07 Å². The van der Waals surface area contributed by atoms with Gasteiger partial charge in [0.05, 0.1) is 17.0 Å². The highest BCUT2D eigenvalue weighted by Gasteiger charge is 2.31. The van der Waals surface area contributed by atoms with Crippen molar-refractivity contribution in [2.24, 2.45) is 4.99 Å². The third-order valence-corrected chi connectivity index (χ3v) is 8.16. The number of carboxylic acids is 1. The first-order valence-electron chi connectivity index (χ1n) is 12.8. The lowest BCUT2D eigenvalue weighted by atomic mass is 10.0. The van der Waals surface area contributed by atoms with Crippen LogP contribution in [0.15, 0.2) is 64.5 Å². The summed E-state index contributed by atoms with van der Waals surface area (Å²) < 4.78 is 33.0. The molecule has 2 aliphatic rings. The molecule has 39 heavy (non-hydrogen) atoms. The molecule has 0 spiro atoms. The van der Waals surface area contributed by atoms with E-state index in [-0.39, 0.29) is 17.0 Å². The minimum atomic E-state index is -4.08. The SMILES string of the molecule is CO[C@H]1CN(c2cccc(C(=O)NCC(NS(=O)(=O)c3ccccc3)C(=O)O)c2)CCC1NC1=NCCCN1. The van der Waals surface area contributed by atoms with Gasteiger partial charge in [0, 0.05) is 51.1 Å². The Balaban J connectivity index is 1.36. The van der Waals surface area contributed by atoms with E-state index < -0.39 is 34.5 Å². The first-order chi connectivity index (χ1) is 18.8. The van der Waals surface area contributed by atoms with Gasteiger partial charge in [0.25, 0.3) is 5.91 Å². The third-order valence-electron chi connectivity index (χ3n) is 6.67. The lowest BCUT2D eigenvalue weighted by Crippen LogP contribution is -2.57. The fourth-order valence-electron chi connectivity index (χ4n) is 4.53. The van der Waals surface area contributed by atoms with Crippen molar-refractivity contribution in [3.8, 4) is 0 Å². The number of amides is 1. The molecular formula is C26H34N6O6S. The van der Waals surface area contributed by atoms with Crippen molar-refractivity contribution in [2.45, 2.75) is 35.9 Å². The number of aliphatic carboxylic acids is 1. The zero-order valence-electron chi connectivity index (χ0n) is 21.7. The van der Waals surface area contributed by atoms with Gasteiger partial charge in [0.1, 0.15) is 6.04 Å². The van der Waals surface area contributed by atoms with Crippen LogP contribution >= 0.6 is 0 Å². The van der Waals surface area contributed by atoms with Gasteiger partial charge in [0.15, 0.2) is 5.96 Å². The van der Waals surface area contributed by atoms with Gasteiger partial charge in [-0.25, -0.2) is 8.42 Å². The second-order valence-corrected chi connectivity index (χ2v) is 11.1. The van der Waals surface area contributed by atoms with Crippen molar-refractivity contribution in [3.05, 3.63) is 60.2 Å². The molecule has 1 fully saturated rings. The second kappa shape index (κ2) is 12.9. The Kier molecular flexibility index (Phi) is 9.38. The van der Waals surface area contributed by atoms with Gasteiger partial charge in [-0.2, -0.15) is 4.72 Å². The van der Waals surface area contributed by atoms with Crippen molar-refractivity contribution in [3.63, 3.8) is 0 Å². The first kappa shape index (κ1) is 28.3. The predicted molar refractivity (Wildman–Crippen MR) is 146 cm³/mol. The predicted octanol–water partition coefficient (Wildman–Crippen LogP) is 0.381. The van der Waals surface area contributed by atoms with Crippen LogP contribution in [0.4, 0.5) is 5.69 Å². The molecule has 5 N–H and O–H groups in total. The number of ether oxygens (including phenoxy) is 1. The molecule has 2 aromatic carbocycles. The zero-order valence-corrected chi connectivity index (χ0v) is 22.5. The Hall–Kier alpha value is -3.68. The van der Waals surface area contributed by atoms with Crippen LogP contribution in [0, 0.1) is 0 Å². The Morgan fingerprint density at radius 3 is 2.69 bits per heavy atom. The van der Waals surface area contributed by atoms with Gasteiger partial charge in [0.2, 0.25) is 10.0 Å². The number of carboxylic acid groups (broad SMARTS) is 1. The number of methoxy groups -OCH3 is 1. The molecule has 2 aliphatic heterocycles. The summed E-state index contributed by atoms with van der Waals surface area (Å²) in [5.41, 5.74) is 1.16. The lowest BCUT2D eigenvalue weighted by Gasteiger charge is -2.40. The molecule has 0 aromatic heterocycles. The topological polar surface area (TPSA) is 161 Å². The smallest absolute Gasteiger partial charge is 0.323 e. The molecule has 1 saturated heterocycles. The van der Waals surface area contributed by atoms with Crippen LogP contribution in [0.1, 0.15) is 23.2 Å². The molecule has 2 unspecified atom stereocenters.